The maximum atomic E-state index is 5.72. The third-order valence-electron chi connectivity index (χ3n) is 4.29. The number of piperidine rings is 1. The van der Waals surface area contributed by atoms with E-state index in [0.717, 1.165) is 43.2 Å². The number of rotatable bonds is 4. The Kier molecular flexibility index (Phi) is 3.94. The van der Waals surface area contributed by atoms with Crippen LogP contribution in [0.15, 0.2) is 30.9 Å². The van der Waals surface area contributed by atoms with Crippen molar-refractivity contribution < 1.29 is 4.74 Å². The molecule has 124 valence electrons. The van der Waals surface area contributed by atoms with Gasteiger partial charge in [-0.1, -0.05) is 0 Å². The van der Waals surface area contributed by atoms with Crippen LogP contribution in [-0.2, 0) is 0 Å². The Morgan fingerprint density at radius 1 is 1.17 bits per heavy atom. The van der Waals surface area contributed by atoms with Gasteiger partial charge in [0.2, 0.25) is 5.65 Å². The predicted molar refractivity (Wildman–Crippen MR) is 88.0 cm³/mol. The topological polar surface area (TPSA) is 81.3 Å². The van der Waals surface area contributed by atoms with Crippen molar-refractivity contribution in [2.24, 2.45) is 5.92 Å². The average molecular weight is 325 g/mol. The molecule has 3 aromatic rings. The molecule has 0 radical (unpaired) electrons. The van der Waals surface area contributed by atoms with E-state index in [1.165, 1.54) is 0 Å². The largest absolute Gasteiger partial charge is 0.463 e. The monoisotopic (exact) mass is 325 g/mol. The minimum absolute atomic E-state index is 0.411. The maximum Gasteiger partial charge on any atom is 0.316 e. The molecule has 1 unspecified atom stereocenters. The number of ether oxygens (including phenoxy) is 1. The van der Waals surface area contributed by atoms with E-state index in [1.807, 2.05) is 17.5 Å². The average Bonchev–Trinajstić information content (AvgIpc) is 3.02. The molecule has 0 spiro atoms. The molecule has 0 amide bonds. The quantitative estimate of drug-likeness (QED) is 0.719. The van der Waals surface area contributed by atoms with Gasteiger partial charge in [-0.15, -0.1) is 10.2 Å². The molecular weight excluding hydrogens is 306 g/mol. The van der Waals surface area contributed by atoms with Gasteiger partial charge in [0.05, 0.1) is 6.61 Å². The Labute approximate surface area is 139 Å². The summed E-state index contributed by atoms with van der Waals surface area (Å²) in [6, 6.07) is 2.21. The Hall–Kier alpha value is -2.77. The van der Waals surface area contributed by atoms with E-state index >= 15 is 0 Å². The summed E-state index contributed by atoms with van der Waals surface area (Å²) in [7, 11) is 0. The zero-order chi connectivity index (χ0) is 16.4. The Morgan fingerprint density at radius 3 is 2.92 bits per heavy atom. The fourth-order valence-electron chi connectivity index (χ4n) is 3.10. The number of aromatic nitrogens is 6. The Morgan fingerprint density at radius 2 is 2.04 bits per heavy atom. The Bertz CT molecular complexity index is 820. The number of hydrogen-bond donors (Lipinski definition) is 0. The third-order valence-corrected chi connectivity index (χ3v) is 4.29. The smallest absolute Gasteiger partial charge is 0.316 e. The molecule has 0 saturated carbocycles. The lowest BCUT2D eigenvalue weighted by atomic mass is 9.99. The lowest BCUT2D eigenvalue weighted by Crippen LogP contribution is -2.38. The standard InChI is InChI=1S/C16H19N7O/c1-12-20-21-15-14(17-7-9-23(12)15)22-8-2-4-13(10-22)11-24-16-18-5-3-6-19-16/h3,5-7,9,13H,2,4,8,10-11H2,1H3. The molecule has 1 aliphatic heterocycles. The van der Waals surface area contributed by atoms with Gasteiger partial charge in [-0.05, 0) is 25.8 Å². The fourth-order valence-corrected chi connectivity index (χ4v) is 3.10. The normalized spacial score (nSPS) is 18.0. The number of anilines is 1. The number of aryl methyl sites for hydroxylation is 1. The van der Waals surface area contributed by atoms with Gasteiger partial charge in [-0.25, -0.2) is 15.0 Å². The highest BCUT2D eigenvalue weighted by Gasteiger charge is 2.24. The highest BCUT2D eigenvalue weighted by atomic mass is 16.5. The van der Waals surface area contributed by atoms with E-state index in [2.05, 4.69) is 30.0 Å². The lowest BCUT2D eigenvalue weighted by molar-refractivity contribution is 0.214. The summed E-state index contributed by atoms with van der Waals surface area (Å²) in [4.78, 5) is 15.0. The van der Waals surface area contributed by atoms with Gasteiger partial charge in [-0.3, -0.25) is 4.40 Å². The molecule has 0 aromatic carbocycles. The first-order chi connectivity index (χ1) is 11.8. The van der Waals surface area contributed by atoms with E-state index in [9.17, 15) is 0 Å². The minimum atomic E-state index is 0.411. The van der Waals surface area contributed by atoms with Gasteiger partial charge in [0.1, 0.15) is 5.82 Å². The van der Waals surface area contributed by atoms with Gasteiger partial charge in [0, 0.05) is 43.8 Å². The summed E-state index contributed by atoms with van der Waals surface area (Å²) in [5.41, 5.74) is 0.808. The molecule has 8 nitrogen and oxygen atoms in total. The van der Waals surface area contributed by atoms with Crippen LogP contribution >= 0.6 is 0 Å². The Balaban J connectivity index is 1.48. The van der Waals surface area contributed by atoms with Crippen molar-refractivity contribution in [1.82, 2.24) is 29.5 Å². The zero-order valence-electron chi connectivity index (χ0n) is 13.5. The molecule has 0 bridgehead atoms. The summed E-state index contributed by atoms with van der Waals surface area (Å²) < 4.78 is 7.69. The van der Waals surface area contributed by atoms with Crippen LogP contribution in [0.3, 0.4) is 0 Å². The van der Waals surface area contributed by atoms with E-state index in [1.54, 1.807) is 24.7 Å². The van der Waals surface area contributed by atoms with Gasteiger partial charge in [0.25, 0.3) is 0 Å². The maximum absolute atomic E-state index is 5.72. The molecule has 3 aromatic heterocycles. The second kappa shape index (κ2) is 6.38. The summed E-state index contributed by atoms with van der Waals surface area (Å²) in [6.45, 7) is 4.40. The first-order valence-corrected chi connectivity index (χ1v) is 8.12. The van der Waals surface area contributed by atoms with Crippen LogP contribution in [0.25, 0.3) is 5.65 Å². The van der Waals surface area contributed by atoms with Crippen LogP contribution in [0.5, 0.6) is 6.01 Å². The van der Waals surface area contributed by atoms with Crippen molar-refractivity contribution in [3.05, 3.63) is 36.7 Å². The van der Waals surface area contributed by atoms with Crippen LogP contribution in [0.1, 0.15) is 18.7 Å². The SMILES string of the molecule is Cc1nnc2c(N3CCCC(COc4ncccn4)C3)nccn12. The van der Waals surface area contributed by atoms with E-state index < -0.39 is 0 Å². The second-order valence-corrected chi connectivity index (χ2v) is 5.99. The van der Waals surface area contributed by atoms with Gasteiger partial charge in [0.15, 0.2) is 5.82 Å². The molecule has 1 atom stereocenters. The molecule has 1 aliphatic rings. The summed E-state index contributed by atoms with van der Waals surface area (Å²) in [5, 5.41) is 8.42. The number of fused-ring (bicyclic) bond motifs is 1. The van der Waals surface area contributed by atoms with Crippen molar-refractivity contribution in [1.29, 1.82) is 0 Å². The van der Waals surface area contributed by atoms with E-state index in [4.69, 9.17) is 4.74 Å². The molecule has 24 heavy (non-hydrogen) atoms. The highest BCUT2D eigenvalue weighted by molar-refractivity contribution is 5.63. The number of hydrogen-bond acceptors (Lipinski definition) is 7. The number of nitrogens with zero attached hydrogens (tertiary/aromatic N) is 7. The van der Waals surface area contributed by atoms with Crippen LogP contribution in [0, 0.1) is 12.8 Å². The van der Waals surface area contributed by atoms with E-state index in [-0.39, 0.29) is 0 Å². The molecule has 1 fully saturated rings. The first kappa shape index (κ1) is 14.8. The van der Waals surface area contributed by atoms with Gasteiger partial charge < -0.3 is 9.64 Å². The van der Waals surface area contributed by atoms with Crippen LogP contribution in [0.2, 0.25) is 0 Å². The van der Waals surface area contributed by atoms with Crippen LogP contribution in [0.4, 0.5) is 5.82 Å². The van der Waals surface area contributed by atoms with Crippen LogP contribution in [-0.4, -0.2) is 49.2 Å². The molecule has 4 heterocycles. The summed E-state index contributed by atoms with van der Waals surface area (Å²) in [5.74, 6) is 2.17. The van der Waals surface area contributed by atoms with Crippen molar-refractivity contribution in [2.75, 3.05) is 24.6 Å². The zero-order valence-corrected chi connectivity index (χ0v) is 13.5. The molecular formula is C16H19N7O. The fraction of sp³-hybridized carbons (Fsp3) is 0.438. The minimum Gasteiger partial charge on any atom is -0.463 e. The van der Waals surface area contributed by atoms with Crippen molar-refractivity contribution in [3.8, 4) is 6.01 Å². The summed E-state index contributed by atoms with van der Waals surface area (Å²) >= 11 is 0. The van der Waals surface area contributed by atoms with Crippen LogP contribution < -0.4 is 9.64 Å². The lowest BCUT2D eigenvalue weighted by Gasteiger charge is -2.33. The molecule has 4 rings (SSSR count). The predicted octanol–water partition coefficient (Wildman–Crippen LogP) is 1.52. The summed E-state index contributed by atoms with van der Waals surface area (Å²) in [6.07, 6.45) is 9.29. The van der Waals surface area contributed by atoms with Crippen molar-refractivity contribution in [2.45, 2.75) is 19.8 Å². The first-order valence-electron chi connectivity index (χ1n) is 8.12. The van der Waals surface area contributed by atoms with E-state index in [0.29, 0.717) is 18.5 Å². The molecule has 8 heteroatoms. The van der Waals surface area contributed by atoms with Gasteiger partial charge >= 0.3 is 6.01 Å². The second-order valence-electron chi connectivity index (χ2n) is 5.99. The van der Waals surface area contributed by atoms with Crippen molar-refractivity contribution >= 4 is 11.5 Å². The third kappa shape index (κ3) is 2.86. The molecule has 0 N–H and O–H groups in total. The highest BCUT2D eigenvalue weighted by Crippen LogP contribution is 2.24. The van der Waals surface area contributed by atoms with Crippen molar-refractivity contribution in [3.63, 3.8) is 0 Å². The molecule has 1 saturated heterocycles. The van der Waals surface area contributed by atoms with Gasteiger partial charge in [-0.2, -0.15) is 0 Å². The molecule has 0 aliphatic carbocycles.